The van der Waals surface area contributed by atoms with E-state index in [9.17, 15) is 5.11 Å². The molecule has 0 spiro atoms. The van der Waals surface area contributed by atoms with E-state index in [0.717, 1.165) is 13.0 Å². The molecule has 1 rings (SSSR count). The molecule has 0 saturated carbocycles. The number of nitrogens with zero attached hydrogens (tertiary/aromatic N) is 2. The van der Waals surface area contributed by atoms with Crippen molar-refractivity contribution >= 4 is 0 Å². The summed E-state index contributed by atoms with van der Waals surface area (Å²) in [6.07, 6.45) is 1.01. The maximum atomic E-state index is 9.31. The first-order chi connectivity index (χ1) is 7.63. The predicted molar refractivity (Wildman–Crippen MR) is 67.7 cm³/mol. The third kappa shape index (κ3) is 4.01. The molecule has 0 amide bonds. The Hall–Kier alpha value is -0.160. The largest absolute Gasteiger partial charge is 0.394 e. The molecule has 0 aromatic rings. The highest BCUT2D eigenvalue weighted by atomic mass is 16.3. The lowest BCUT2D eigenvalue weighted by Gasteiger charge is -2.36. The number of aliphatic hydroxyl groups is 1. The van der Waals surface area contributed by atoms with E-state index < -0.39 is 0 Å². The minimum Gasteiger partial charge on any atom is -0.394 e. The zero-order valence-corrected chi connectivity index (χ0v) is 11.0. The average molecular weight is 229 g/mol. The Balaban J connectivity index is 2.24. The van der Waals surface area contributed by atoms with Gasteiger partial charge in [0.15, 0.2) is 0 Å². The van der Waals surface area contributed by atoms with Crippen molar-refractivity contribution in [3.8, 4) is 0 Å². The van der Waals surface area contributed by atoms with E-state index in [2.05, 4.69) is 29.0 Å². The molecule has 1 fully saturated rings. The molecule has 1 saturated heterocycles. The van der Waals surface area contributed by atoms with Crippen LogP contribution in [0.3, 0.4) is 0 Å². The smallest absolute Gasteiger partial charge is 0.0610 e. The fourth-order valence-electron chi connectivity index (χ4n) is 2.02. The van der Waals surface area contributed by atoms with Gasteiger partial charge in [-0.25, -0.2) is 0 Å². The van der Waals surface area contributed by atoms with Crippen LogP contribution in [-0.2, 0) is 0 Å². The lowest BCUT2D eigenvalue weighted by Crippen LogP contribution is -2.50. The molecule has 1 unspecified atom stereocenters. The summed E-state index contributed by atoms with van der Waals surface area (Å²) in [5.41, 5.74) is -0.123. The molecule has 0 aromatic heterocycles. The molecule has 0 radical (unpaired) electrons. The van der Waals surface area contributed by atoms with E-state index >= 15 is 0 Å². The Morgan fingerprint density at radius 1 is 1.19 bits per heavy atom. The van der Waals surface area contributed by atoms with Gasteiger partial charge in [0.2, 0.25) is 0 Å². The number of hydrogen-bond acceptors (Lipinski definition) is 4. The number of piperazine rings is 1. The van der Waals surface area contributed by atoms with Crippen molar-refractivity contribution < 1.29 is 5.11 Å². The first-order valence-corrected chi connectivity index (χ1v) is 6.38. The fraction of sp³-hybridized carbons (Fsp3) is 1.00. The van der Waals surface area contributed by atoms with Gasteiger partial charge in [-0.1, -0.05) is 6.92 Å². The van der Waals surface area contributed by atoms with Crippen molar-refractivity contribution in [2.24, 2.45) is 0 Å². The van der Waals surface area contributed by atoms with Gasteiger partial charge in [0.25, 0.3) is 0 Å². The monoisotopic (exact) mass is 229 g/mol. The van der Waals surface area contributed by atoms with Crippen LogP contribution < -0.4 is 5.32 Å². The second-order valence-electron chi connectivity index (χ2n) is 4.99. The van der Waals surface area contributed by atoms with E-state index in [1.807, 2.05) is 7.05 Å². The zero-order chi connectivity index (χ0) is 12.0. The second kappa shape index (κ2) is 6.55. The van der Waals surface area contributed by atoms with Crippen molar-refractivity contribution in [3.63, 3.8) is 0 Å². The van der Waals surface area contributed by atoms with Crippen molar-refractivity contribution in [3.05, 3.63) is 0 Å². The van der Waals surface area contributed by atoms with E-state index in [1.54, 1.807) is 0 Å². The maximum Gasteiger partial charge on any atom is 0.0610 e. The van der Waals surface area contributed by atoms with Crippen molar-refractivity contribution in [1.82, 2.24) is 15.1 Å². The van der Waals surface area contributed by atoms with Crippen LogP contribution in [0.25, 0.3) is 0 Å². The van der Waals surface area contributed by atoms with Crippen molar-refractivity contribution in [2.45, 2.75) is 25.8 Å². The summed E-state index contributed by atoms with van der Waals surface area (Å²) >= 11 is 0. The van der Waals surface area contributed by atoms with Crippen LogP contribution in [0.2, 0.25) is 0 Å². The molecule has 4 nitrogen and oxygen atoms in total. The Morgan fingerprint density at radius 3 is 2.19 bits per heavy atom. The lowest BCUT2D eigenvalue weighted by molar-refractivity contribution is 0.111. The Morgan fingerprint density at radius 2 is 1.75 bits per heavy atom. The molecule has 1 aliphatic rings. The molecule has 2 N–H and O–H groups in total. The van der Waals surface area contributed by atoms with Crippen LogP contribution in [0.5, 0.6) is 0 Å². The topological polar surface area (TPSA) is 38.7 Å². The summed E-state index contributed by atoms with van der Waals surface area (Å²) in [6, 6.07) is 0. The second-order valence-corrected chi connectivity index (χ2v) is 4.99. The molecular weight excluding hydrogens is 202 g/mol. The standard InChI is InChI=1S/C12H27N3O/c1-4-14-7-9-15(10-8-14)6-5-12(2,11-16)13-3/h13,16H,4-11H2,1-3H3. The molecule has 4 heteroatoms. The highest BCUT2D eigenvalue weighted by molar-refractivity contribution is 4.83. The van der Waals surface area contributed by atoms with Gasteiger partial charge in [0.05, 0.1) is 6.61 Å². The summed E-state index contributed by atoms with van der Waals surface area (Å²) in [5.74, 6) is 0. The Bertz CT molecular complexity index is 187. The molecule has 0 bridgehead atoms. The van der Waals surface area contributed by atoms with Gasteiger partial charge in [-0.15, -0.1) is 0 Å². The van der Waals surface area contributed by atoms with Crippen LogP contribution in [-0.4, -0.2) is 73.4 Å². The summed E-state index contributed by atoms with van der Waals surface area (Å²) in [7, 11) is 1.92. The van der Waals surface area contributed by atoms with Crippen LogP contribution in [0.1, 0.15) is 20.3 Å². The highest BCUT2D eigenvalue weighted by Crippen LogP contribution is 2.10. The molecule has 96 valence electrons. The van der Waals surface area contributed by atoms with Gasteiger partial charge in [0, 0.05) is 38.3 Å². The normalized spacial score (nSPS) is 23.2. The van der Waals surface area contributed by atoms with Crippen molar-refractivity contribution in [1.29, 1.82) is 0 Å². The summed E-state index contributed by atoms with van der Waals surface area (Å²) < 4.78 is 0. The molecule has 0 aliphatic carbocycles. The van der Waals surface area contributed by atoms with Gasteiger partial charge in [0.1, 0.15) is 0 Å². The van der Waals surface area contributed by atoms with Crippen LogP contribution in [0.4, 0.5) is 0 Å². The number of nitrogens with one attached hydrogen (secondary N) is 1. The summed E-state index contributed by atoms with van der Waals surface area (Å²) in [5, 5.41) is 12.5. The number of rotatable bonds is 6. The minimum atomic E-state index is -0.123. The predicted octanol–water partition coefficient (Wildman–Crippen LogP) is -0.0156. The van der Waals surface area contributed by atoms with Gasteiger partial charge >= 0.3 is 0 Å². The lowest BCUT2D eigenvalue weighted by atomic mass is 9.99. The van der Waals surface area contributed by atoms with E-state index in [4.69, 9.17) is 0 Å². The van der Waals surface area contributed by atoms with Crippen molar-refractivity contribution in [2.75, 3.05) is 52.9 Å². The van der Waals surface area contributed by atoms with Gasteiger partial charge in [-0.2, -0.15) is 0 Å². The molecule has 1 aliphatic heterocycles. The van der Waals surface area contributed by atoms with E-state index in [1.165, 1.54) is 32.7 Å². The SMILES string of the molecule is CCN1CCN(CCC(C)(CO)NC)CC1. The van der Waals surface area contributed by atoms with Crippen LogP contribution in [0, 0.1) is 0 Å². The molecule has 1 atom stereocenters. The fourth-order valence-corrected chi connectivity index (χ4v) is 2.02. The molecule has 1 heterocycles. The quantitative estimate of drug-likeness (QED) is 0.672. The minimum absolute atomic E-state index is 0.123. The highest BCUT2D eigenvalue weighted by Gasteiger charge is 2.23. The summed E-state index contributed by atoms with van der Waals surface area (Å²) in [4.78, 5) is 4.98. The third-order valence-electron chi connectivity index (χ3n) is 3.84. The van der Waals surface area contributed by atoms with E-state index in [0.29, 0.717) is 0 Å². The molecular formula is C12H27N3O. The van der Waals surface area contributed by atoms with Gasteiger partial charge in [-0.05, 0) is 26.9 Å². The van der Waals surface area contributed by atoms with E-state index in [-0.39, 0.29) is 12.1 Å². The number of likely N-dealkylation sites (N-methyl/N-ethyl adjacent to an activating group) is 2. The average Bonchev–Trinajstić information content (AvgIpc) is 2.36. The first kappa shape index (κ1) is 13.9. The Kier molecular flexibility index (Phi) is 5.69. The summed E-state index contributed by atoms with van der Waals surface area (Å²) in [6.45, 7) is 11.5. The number of aliphatic hydroxyl groups excluding tert-OH is 1. The van der Waals surface area contributed by atoms with Gasteiger partial charge in [-0.3, -0.25) is 0 Å². The van der Waals surface area contributed by atoms with Crippen LogP contribution in [0.15, 0.2) is 0 Å². The first-order valence-electron chi connectivity index (χ1n) is 6.38. The molecule has 16 heavy (non-hydrogen) atoms. The Labute approximate surface area is 99.6 Å². The molecule has 0 aromatic carbocycles. The number of hydrogen-bond donors (Lipinski definition) is 2. The van der Waals surface area contributed by atoms with Gasteiger partial charge < -0.3 is 20.2 Å². The zero-order valence-electron chi connectivity index (χ0n) is 11.0. The van der Waals surface area contributed by atoms with Crippen LogP contribution >= 0.6 is 0 Å². The third-order valence-corrected chi connectivity index (χ3v) is 3.84. The maximum absolute atomic E-state index is 9.31.